The monoisotopic (exact) mass is 368 g/mol. The number of halogens is 1. The third-order valence-electron chi connectivity index (χ3n) is 4.65. The van der Waals surface area contributed by atoms with E-state index < -0.39 is 11.5 Å². The number of H-pyrrole nitrogens is 1. The summed E-state index contributed by atoms with van der Waals surface area (Å²) in [5.41, 5.74) is 1.43. The maximum atomic E-state index is 13.3. The zero-order chi connectivity index (χ0) is 19.4. The molecule has 1 aromatic heterocycles. The first-order valence-corrected chi connectivity index (χ1v) is 8.60. The SMILES string of the molecule is COC(=O)CC(C)(NC(=O)Cc1c[nH]c2ccccc12)c1ccc(F)cc1. The van der Waals surface area contributed by atoms with Gasteiger partial charge in [0.15, 0.2) is 0 Å². The van der Waals surface area contributed by atoms with E-state index in [1.54, 1.807) is 25.3 Å². The maximum absolute atomic E-state index is 13.3. The van der Waals surface area contributed by atoms with Crippen LogP contribution in [0.15, 0.2) is 54.7 Å². The Morgan fingerprint density at radius 3 is 2.56 bits per heavy atom. The first-order valence-electron chi connectivity index (χ1n) is 8.60. The predicted octanol–water partition coefficient (Wildman–Crippen LogP) is 3.44. The Balaban J connectivity index is 1.83. The van der Waals surface area contributed by atoms with Crippen LogP contribution in [0.3, 0.4) is 0 Å². The fourth-order valence-corrected chi connectivity index (χ4v) is 3.20. The average molecular weight is 368 g/mol. The van der Waals surface area contributed by atoms with E-state index in [0.717, 1.165) is 16.5 Å². The molecule has 0 aliphatic carbocycles. The van der Waals surface area contributed by atoms with Crippen LogP contribution >= 0.6 is 0 Å². The van der Waals surface area contributed by atoms with Crippen LogP contribution in [0.4, 0.5) is 4.39 Å². The molecule has 3 rings (SSSR count). The molecule has 1 heterocycles. The van der Waals surface area contributed by atoms with Gasteiger partial charge in [-0.2, -0.15) is 0 Å². The van der Waals surface area contributed by atoms with Crippen LogP contribution < -0.4 is 5.32 Å². The Morgan fingerprint density at radius 2 is 1.85 bits per heavy atom. The Labute approximate surface area is 156 Å². The molecule has 140 valence electrons. The van der Waals surface area contributed by atoms with Gasteiger partial charge in [-0.3, -0.25) is 9.59 Å². The molecule has 0 saturated heterocycles. The van der Waals surface area contributed by atoms with E-state index in [4.69, 9.17) is 4.74 Å². The van der Waals surface area contributed by atoms with Crippen LogP contribution in [0, 0.1) is 5.82 Å². The molecule has 2 N–H and O–H groups in total. The minimum Gasteiger partial charge on any atom is -0.469 e. The van der Waals surface area contributed by atoms with Gasteiger partial charge in [-0.05, 0) is 36.2 Å². The topological polar surface area (TPSA) is 71.2 Å². The summed E-state index contributed by atoms with van der Waals surface area (Å²) in [7, 11) is 1.29. The molecule has 3 aromatic rings. The van der Waals surface area contributed by atoms with Gasteiger partial charge in [0.05, 0.1) is 25.5 Å². The summed E-state index contributed by atoms with van der Waals surface area (Å²) in [5.74, 6) is -1.09. The zero-order valence-corrected chi connectivity index (χ0v) is 15.2. The van der Waals surface area contributed by atoms with Crippen molar-refractivity contribution in [1.82, 2.24) is 10.3 Å². The van der Waals surface area contributed by atoms with Crippen molar-refractivity contribution in [3.63, 3.8) is 0 Å². The lowest BCUT2D eigenvalue weighted by molar-refractivity contribution is -0.142. The number of nitrogens with one attached hydrogen (secondary N) is 2. The molecule has 6 heteroatoms. The fraction of sp³-hybridized carbons (Fsp3) is 0.238. The number of carbonyl (C=O) groups excluding carboxylic acids is 2. The van der Waals surface area contributed by atoms with Crippen molar-refractivity contribution in [2.45, 2.75) is 25.3 Å². The second-order valence-electron chi connectivity index (χ2n) is 6.68. The number of para-hydroxylation sites is 1. The van der Waals surface area contributed by atoms with Crippen molar-refractivity contribution in [1.29, 1.82) is 0 Å². The average Bonchev–Trinajstić information content (AvgIpc) is 3.04. The molecule has 2 aromatic carbocycles. The van der Waals surface area contributed by atoms with E-state index in [1.807, 2.05) is 24.3 Å². The van der Waals surface area contributed by atoms with Crippen LogP contribution in [-0.4, -0.2) is 24.0 Å². The predicted molar refractivity (Wildman–Crippen MR) is 101 cm³/mol. The fourth-order valence-electron chi connectivity index (χ4n) is 3.20. The normalized spacial score (nSPS) is 13.1. The van der Waals surface area contributed by atoms with E-state index >= 15 is 0 Å². The summed E-state index contributed by atoms with van der Waals surface area (Å²) in [6.45, 7) is 1.73. The molecule has 0 saturated carbocycles. The molecule has 1 unspecified atom stereocenters. The van der Waals surface area contributed by atoms with Crippen molar-refractivity contribution in [3.05, 3.63) is 71.7 Å². The lowest BCUT2D eigenvalue weighted by Gasteiger charge is -2.30. The minimum atomic E-state index is -1.01. The Hall–Kier alpha value is -3.15. The van der Waals surface area contributed by atoms with E-state index in [0.29, 0.717) is 5.56 Å². The number of esters is 1. The van der Waals surface area contributed by atoms with Crippen LogP contribution in [-0.2, 0) is 26.3 Å². The first kappa shape index (κ1) is 18.6. The molecule has 0 aliphatic heterocycles. The van der Waals surface area contributed by atoms with Crippen molar-refractivity contribution in [2.75, 3.05) is 7.11 Å². The molecule has 5 nitrogen and oxygen atoms in total. The third-order valence-corrected chi connectivity index (χ3v) is 4.65. The number of aromatic amines is 1. The number of aromatic nitrogens is 1. The number of hydrogen-bond acceptors (Lipinski definition) is 3. The summed E-state index contributed by atoms with van der Waals surface area (Å²) in [4.78, 5) is 27.8. The summed E-state index contributed by atoms with van der Waals surface area (Å²) in [5, 5.41) is 3.90. The van der Waals surface area contributed by atoms with Gasteiger partial charge in [0.2, 0.25) is 5.91 Å². The van der Waals surface area contributed by atoms with Crippen molar-refractivity contribution >= 4 is 22.8 Å². The van der Waals surface area contributed by atoms with Crippen LogP contribution in [0.2, 0.25) is 0 Å². The summed E-state index contributed by atoms with van der Waals surface area (Å²) in [6, 6.07) is 13.4. The van der Waals surface area contributed by atoms with Gasteiger partial charge >= 0.3 is 5.97 Å². The largest absolute Gasteiger partial charge is 0.469 e. The second kappa shape index (κ2) is 7.61. The van der Waals surface area contributed by atoms with Gasteiger partial charge < -0.3 is 15.0 Å². The summed E-state index contributed by atoms with van der Waals surface area (Å²) in [6.07, 6.45) is 1.90. The van der Waals surface area contributed by atoms with Gasteiger partial charge in [-0.25, -0.2) is 4.39 Å². The highest BCUT2D eigenvalue weighted by molar-refractivity contribution is 5.89. The Kier molecular flexibility index (Phi) is 5.26. The van der Waals surface area contributed by atoms with Crippen LogP contribution in [0.5, 0.6) is 0 Å². The lowest BCUT2D eigenvalue weighted by Crippen LogP contribution is -2.45. The van der Waals surface area contributed by atoms with E-state index in [9.17, 15) is 14.0 Å². The number of carbonyl (C=O) groups is 2. The van der Waals surface area contributed by atoms with E-state index in [-0.39, 0.29) is 24.6 Å². The van der Waals surface area contributed by atoms with Crippen molar-refractivity contribution in [2.24, 2.45) is 0 Å². The number of ether oxygens (including phenoxy) is 1. The molecule has 0 aliphatic rings. The minimum absolute atomic E-state index is 0.0608. The first-order chi connectivity index (χ1) is 12.9. The Bertz CT molecular complexity index is 965. The number of fused-ring (bicyclic) bond motifs is 1. The van der Waals surface area contributed by atoms with Crippen molar-refractivity contribution in [3.8, 4) is 0 Å². The summed E-state index contributed by atoms with van der Waals surface area (Å²) < 4.78 is 18.1. The number of amides is 1. The molecule has 0 bridgehead atoms. The molecule has 27 heavy (non-hydrogen) atoms. The van der Waals surface area contributed by atoms with E-state index in [1.165, 1.54) is 19.2 Å². The second-order valence-corrected chi connectivity index (χ2v) is 6.68. The number of rotatable bonds is 6. The van der Waals surface area contributed by atoms with Crippen molar-refractivity contribution < 1.29 is 18.7 Å². The van der Waals surface area contributed by atoms with E-state index in [2.05, 4.69) is 10.3 Å². The number of hydrogen-bond donors (Lipinski definition) is 2. The molecular weight excluding hydrogens is 347 g/mol. The maximum Gasteiger partial charge on any atom is 0.308 e. The van der Waals surface area contributed by atoms with Gasteiger partial charge in [0.1, 0.15) is 5.82 Å². The molecule has 1 amide bonds. The molecule has 0 fully saturated rings. The Morgan fingerprint density at radius 1 is 1.15 bits per heavy atom. The molecule has 1 atom stereocenters. The van der Waals surface area contributed by atoms with Gasteiger partial charge in [-0.15, -0.1) is 0 Å². The highest BCUT2D eigenvalue weighted by Gasteiger charge is 2.32. The highest BCUT2D eigenvalue weighted by atomic mass is 19.1. The standard InChI is InChI=1S/C21H21FN2O3/c1-21(12-20(26)27-2,15-7-9-16(22)10-8-15)24-19(25)11-14-13-23-18-6-4-3-5-17(14)18/h3-10,13,23H,11-12H2,1-2H3,(H,24,25). The zero-order valence-electron chi connectivity index (χ0n) is 15.2. The number of benzene rings is 2. The van der Waals surface area contributed by atoms with Gasteiger partial charge in [0.25, 0.3) is 0 Å². The lowest BCUT2D eigenvalue weighted by atomic mass is 9.88. The summed E-state index contributed by atoms with van der Waals surface area (Å²) >= 11 is 0. The molecular formula is C21H21FN2O3. The van der Waals surface area contributed by atoms with Gasteiger partial charge in [-0.1, -0.05) is 30.3 Å². The smallest absolute Gasteiger partial charge is 0.308 e. The third kappa shape index (κ3) is 4.16. The highest BCUT2D eigenvalue weighted by Crippen LogP contribution is 2.26. The molecule has 0 spiro atoms. The van der Waals surface area contributed by atoms with Gasteiger partial charge in [0, 0.05) is 17.1 Å². The molecule has 0 radical (unpaired) electrons. The van der Waals surface area contributed by atoms with Crippen LogP contribution in [0.1, 0.15) is 24.5 Å². The quantitative estimate of drug-likeness (QED) is 0.655. The number of methoxy groups -OCH3 is 1. The van der Waals surface area contributed by atoms with Crippen LogP contribution in [0.25, 0.3) is 10.9 Å².